The molecule has 152 valence electrons. The first-order chi connectivity index (χ1) is 13.9. The third kappa shape index (κ3) is 5.37. The molecule has 1 aromatic carbocycles. The highest BCUT2D eigenvalue weighted by Crippen LogP contribution is 2.23. The van der Waals surface area contributed by atoms with E-state index in [1.54, 1.807) is 61.3 Å². The van der Waals surface area contributed by atoms with Crippen molar-refractivity contribution >= 4 is 17.5 Å². The van der Waals surface area contributed by atoms with Crippen molar-refractivity contribution < 1.29 is 19.0 Å². The van der Waals surface area contributed by atoms with Gasteiger partial charge in [-0.3, -0.25) is 4.79 Å². The van der Waals surface area contributed by atoms with Gasteiger partial charge in [-0.2, -0.15) is 5.26 Å². The maximum absolute atomic E-state index is 13.0. The van der Waals surface area contributed by atoms with E-state index in [4.69, 9.17) is 31.1 Å². The predicted molar refractivity (Wildman–Crippen MR) is 107 cm³/mol. The molecule has 2 heterocycles. The van der Waals surface area contributed by atoms with E-state index in [0.29, 0.717) is 36.8 Å². The minimum atomic E-state index is -1.07. The molecular formula is C21H22ClN3O4. The standard InChI is InChI=1S/C21H22ClN3O4/c1-21(2,29-16-7-5-15(12-23)6-8-16)20(26)25-10-11-27-17(13-25)14-28-18-4-3-9-24-19(18)22/h3-9,17H,10-11,13-14H2,1-2H3. The maximum Gasteiger partial charge on any atom is 0.266 e. The number of morpholine rings is 1. The lowest BCUT2D eigenvalue weighted by molar-refractivity contribution is -0.153. The fourth-order valence-electron chi connectivity index (χ4n) is 2.98. The molecule has 1 atom stereocenters. The van der Waals surface area contributed by atoms with Crippen LogP contribution < -0.4 is 9.47 Å². The van der Waals surface area contributed by atoms with Gasteiger partial charge in [-0.1, -0.05) is 11.6 Å². The minimum Gasteiger partial charge on any atom is -0.488 e. The van der Waals surface area contributed by atoms with Crippen LogP contribution in [-0.2, 0) is 9.53 Å². The molecule has 1 amide bonds. The van der Waals surface area contributed by atoms with Crippen LogP contribution >= 0.6 is 11.6 Å². The Morgan fingerprint density at radius 3 is 2.83 bits per heavy atom. The molecule has 1 fully saturated rings. The van der Waals surface area contributed by atoms with Crippen molar-refractivity contribution in [2.45, 2.75) is 25.6 Å². The van der Waals surface area contributed by atoms with E-state index in [0.717, 1.165) is 0 Å². The fourth-order valence-corrected chi connectivity index (χ4v) is 3.16. The lowest BCUT2D eigenvalue weighted by Gasteiger charge is -2.37. The molecule has 0 saturated carbocycles. The number of hydrogen-bond donors (Lipinski definition) is 0. The van der Waals surface area contributed by atoms with E-state index in [2.05, 4.69) is 11.1 Å². The Bertz CT molecular complexity index is 896. The Morgan fingerprint density at radius 2 is 2.14 bits per heavy atom. The smallest absolute Gasteiger partial charge is 0.266 e. The van der Waals surface area contributed by atoms with Crippen LogP contribution in [0.15, 0.2) is 42.6 Å². The summed E-state index contributed by atoms with van der Waals surface area (Å²) < 4.78 is 17.3. The van der Waals surface area contributed by atoms with E-state index in [1.165, 1.54) is 0 Å². The number of nitrogens with zero attached hydrogens (tertiary/aromatic N) is 3. The van der Waals surface area contributed by atoms with Crippen LogP contribution in [0.1, 0.15) is 19.4 Å². The van der Waals surface area contributed by atoms with Crippen molar-refractivity contribution in [2.24, 2.45) is 0 Å². The Morgan fingerprint density at radius 1 is 1.38 bits per heavy atom. The molecule has 2 aromatic rings. The van der Waals surface area contributed by atoms with E-state index in [1.807, 2.05) is 0 Å². The molecule has 29 heavy (non-hydrogen) atoms. The first kappa shape index (κ1) is 20.9. The molecule has 0 bridgehead atoms. The lowest BCUT2D eigenvalue weighted by atomic mass is 10.1. The molecule has 1 aliphatic heterocycles. The quantitative estimate of drug-likeness (QED) is 0.674. The molecule has 1 aliphatic rings. The van der Waals surface area contributed by atoms with Gasteiger partial charge in [0, 0.05) is 12.7 Å². The molecule has 0 spiro atoms. The van der Waals surface area contributed by atoms with Crippen LogP contribution in [0.3, 0.4) is 0 Å². The molecule has 3 rings (SSSR count). The predicted octanol–water partition coefficient (Wildman–Crippen LogP) is 3.07. The van der Waals surface area contributed by atoms with Crippen LogP contribution in [0.4, 0.5) is 0 Å². The van der Waals surface area contributed by atoms with Gasteiger partial charge in [-0.05, 0) is 50.2 Å². The number of halogens is 1. The third-order valence-electron chi connectivity index (χ3n) is 4.45. The first-order valence-corrected chi connectivity index (χ1v) is 9.60. The molecule has 1 saturated heterocycles. The van der Waals surface area contributed by atoms with Crippen LogP contribution in [-0.4, -0.2) is 53.8 Å². The molecule has 1 unspecified atom stereocenters. The summed E-state index contributed by atoms with van der Waals surface area (Å²) in [6.07, 6.45) is 1.30. The Kier molecular flexibility index (Phi) is 6.57. The molecule has 0 radical (unpaired) electrons. The van der Waals surface area contributed by atoms with E-state index in [9.17, 15) is 4.79 Å². The molecule has 0 N–H and O–H groups in total. The molecular weight excluding hydrogens is 394 g/mol. The van der Waals surface area contributed by atoms with Gasteiger partial charge in [0.1, 0.15) is 18.5 Å². The summed E-state index contributed by atoms with van der Waals surface area (Å²) in [5.41, 5.74) is -0.532. The normalized spacial score (nSPS) is 16.8. The van der Waals surface area contributed by atoms with E-state index in [-0.39, 0.29) is 23.8 Å². The average molecular weight is 416 g/mol. The van der Waals surface area contributed by atoms with Gasteiger partial charge >= 0.3 is 0 Å². The number of rotatable bonds is 6. The number of benzene rings is 1. The number of pyridine rings is 1. The number of carbonyl (C=O) groups is 1. The van der Waals surface area contributed by atoms with Crippen molar-refractivity contribution in [2.75, 3.05) is 26.3 Å². The maximum atomic E-state index is 13.0. The zero-order valence-electron chi connectivity index (χ0n) is 16.3. The summed E-state index contributed by atoms with van der Waals surface area (Å²) in [6.45, 7) is 4.98. The van der Waals surface area contributed by atoms with E-state index >= 15 is 0 Å². The van der Waals surface area contributed by atoms with Gasteiger partial charge in [-0.15, -0.1) is 0 Å². The number of aromatic nitrogens is 1. The summed E-state index contributed by atoms with van der Waals surface area (Å²) in [4.78, 5) is 18.7. The monoisotopic (exact) mass is 415 g/mol. The Hall–Kier alpha value is -2.82. The van der Waals surface area contributed by atoms with Gasteiger partial charge in [0.2, 0.25) is 0 Å². The highest BCUT2D eigenvalue weighted by molar-refractivity contribution is 6.30. The van der Waals surface area contributed by atoms with Crippen LogP contribution in [0.2, 0.25) is 5.15 Å². The van der Waals surface area contributed by atoms with Gasteiger partial charge in [0.15, 0.2) is 16.5 Å². The summed E-state index contributed by atoms with van der Waals surface area (Å²) >= 11 is 6.00. The van der Waals surface area contributed by atoms with Crippen LogP contribution in [0, 0.1) is 11.3 Å². The molecule has 7 nitrogen and oxygen atoms in total. The Balaban J connectivity index is 1.58. The zero-order valence-corrected chi connectivity index (χ0v) is 17.1. The molecule has 1 aromatic heterocycles. The minimum absolute atomic E-state index is 0.144. The molecule has 8 heteroatoms. The van der Waals surface area contributed by atoms with Crippen molar-refractivity contribution in [3.63, 3.8) is 0 Å². The zero-order chi connectivity index (χ0) is 20.9. The highest BCUT2D eigenvalue weighted by Gasteiger charge is 2.37. The SMILES string of the molecule is CC(C)(Oc1ccc(C#N)cc1)C(=O)N1CCOC(COc2cccnc2Cl)C1. The van der Waals surface area contributed by atoms with Crippen molar-refractivity contribution in [3.05, 3.63) is 53.3 Å². The number of ether oxygens (including phenoxy) is 3. The second-order valence-corrected chi connectivity index (χ2v) is 7.45. The summed E-state index contributed by atoms with van der Waals surface area (Å²) in [7, 11) is 0. The van der Waals surface area contributed by atoms with Crippen LogP contribution in [0.5, 0.6) is 11.5 Å². The number of hydrogen-bond acceptors (Lipinski definition) is 6. The number of nitriles is 1. The topological polar surface area (TPSA) is 84.7 Å². The van der Waals surface area contributed by atoms with Gasteiger partial charge < -0.3 is 19.1 Å². The van der Waals surface area contributed by atoms with Gasteiger partial charge in [0.25, 0.3) is 5.91 Å². The van der Waals surface area contributed by atoms with Crippen molar-refractivity contribution in [1.29, 1.82) is 5.26 Å². The average Bonchev–Trinajstić information content (AvgIpc) is 2.73. The molecule has 0 aliphatic carbocycles. The second-order valence-electron chi connectivity index (χ2n) is 7.10. The van der Waals surface area contributed by atoms with Gasteiger partial charge in [0.05, 0.1) is 24.8 Å². The number of carbonyl (C=O) groups excluding carboxylic acids is 1. The highest BCUT2D eigenvalue weighted by atomic mass is 35.5. The number of amides is 1. The Labute approximate surface area is 174 Å². The van der Waals surface area contributed by atoms with Crippen molar-refractivity contribution in [1.82, 2.24) is 9.88 Å². The third-order valence-corrected chi connectivity index (χ3v) is 4.73. The van der Waals surface area contributed by atoms with E-state index < -0.39 is 5.60 Å². The largest absolute Gasteiger partial charge is 0.488 e. The summed E-state index contributed by atoms with van der Waals surface area (Å²) in [5, 5.41) is 9.18. The van der Waals surface area contributed by atoms with Crippen LogP contribution in [0.25, 0.3) is 0 Å². The first-order valence-electron chi connectivity index (χ1n) is 9.22. The van der Waals surface area contributed by atoms with Gasteiger partial charge in [-0.25, -0.2) is 4.98 Å². The van der Waals surface area contributed by atoms with Crippen molar-refractivity contribution in [3.8, 4) is 17.6 Å². The fraction of sp³-hybridized carbons (Fsp3) is 0.381. The summed E-state index contributed by atoms with van der Waals surface area (Å²) in [5.74, 6) is 0.863. The summed E-state index contributed by atoms with van der Waals surface area (Å²) in [6, 6.07) is 12.2. The lowest BCUT2D eigenvalue weighted by Crippen LogP contribution is -2.55. The second kappa shape index (κ2) is 9.12.